The van der Waals surface area contributed by atoms with Gasteiger partial charge in [-0.2, -0.15) is 4.98 Å². The topological polar surface area (TPSA) is 86.5 Å². The molecule has 0 unspecified atom stereocenters. The highest BCUT2D eigenvalue weighted by molar-refractivity contribution is 5.76. The number of hydrogen-bond donors (Lipinski definition) is 2. The molecule has 2 aromatic rings. The van der Waals surface area contributed by atoms with E-state index >= 15 is 0 Å². The Morgan fingerprint density at radius 3 is 2.64 bits per heavy atom. The molecule has 1 aromatic heterocycles. The number of nitrogens with two attached hydrogens (primary N) is 1. The first kappa shape index (κ1) is 14.7. The number of piperidine rings is 1. The summed E-state index contributed by atoms with van der Waals surface area (Å²) in [6.45, 7) is 4.57. The second-order valence-corrected chi connectivity index (χ2v) is 5.98. The number of aryl methyl sites for hydroxylation is 1. The van der Waals surface area contributed by atoms with Crippen molar-refractivity contribution in [1.82, 2.24) is 10.1 Å². The predicted molar refractivity (Wildman–Crippen MR) is 80.8 cm³/mol. The van der Waals surface area contributed by atoms with Crippen molar-refractivity contribution in [2.24, 2.45) is 11.7 Å². The average Bonchev–Trinajstić information content (AvgIpc) is 2.97. The van der Waals surface area contributed by atoms with Crippen LogP contribution in [0.2, 0.25) is 0 Å². The molecule has 22 heavy (non-hydrogen) atoms. The van der Waals surface area contributed by atoms with E-state index in [1.807, 2.05) is 31.2 Å². The molecule has 6 heteroatoms. The van der Waals surface area contributed by atoms with E-state index in [4.69, 9.17) is 10.3 Å². The maximum absolute atomic E-state index is 11.2. The lowest BCUT2D eigenvalue weighted by Crippen LogP contribution is -3.11. The van der Waals surface area contributed by atoms with Crippen LogP contribution in [0, 0.1) is 12.8 Å². The quantitative estimate of drug-likeness (QED) is 0.852. The Morgan fingerprint density at radius 2 is 2.00 bits per heavy atom. The number of carbonyl (C=O) groups excluding carboxylic acids is 1. The zero-order valence-corrected chi connectivity index (χ0v) is 12.7. The van der Waals surface area contributed by atoms with Crippen LogP contribution < -0.4 is 10.6 Å². The Hall–Kier alpha value is -2.21. The van der Waals surface area contributed by atoms with Crippen molar-refractivity contribution in [2.45, 2.75) is 26.3 Å². The van der Waals surface area contributed by atoms with Crippen LogP contribution in [-0.4, -0.2) is 29.1 Å². The van der Waals surface area contributed by atoms with Crippen molar-refractivity contribution < 1.29 is 14.2 Å². The van der Waals surface area contributed by atoms with E-state index in [1.54, 1.807) is 0 Å². The number of nitrogens with zero attached hydrogens (tertiary/aromatic N) is 2. The first-order valence-corrected chi connectivity index (χ1v) is 7.64. The minimum Gasteiger partial charge on any atom is -0.369 e. The summed E-state index contributed by atoms with van der Waals surface area (Å²) in [5.74, 6) is 1.11. The van der Waals surface area contributed by atoms with E-state index in [-0.39, 0.29) is 11.8 Å². The van der Waals surface area contributed by atoms with Gasteiger partial charge in [-0.15, -0.1) is 0 Å². The van der Waals surface area contributed by atoms with Crippen molar-refractivity contribution in [3.05, 3.63) is 35.7 Å². The third-order valence-electron chi connectivity index (χ3n) is 4.27. The number of aromatic nitrogens is 2. The standard InChI is InChI=1S/C16H20N4O2/c1-11-2-4-13(5-3-11)16-18-14(22-19-16)10-20-8-6-12(7-9-20)15(17)21/h2-5,12H,6-10H2,1H3,(H2,17,21)/p+1. The van der Waals surface area contributed by atoms with E-state index < -0.39 is 0 Å². The fraction of sp³-hybridized carbons (Fsp3) is 0.438. The molecule has 0 bridgehead atoms. The minimum absolute atomic E-state index is 0.0227. The normalized spacial score (nSPS) is 21.7. The number of benzene rings is 1. The lowest BCUT2D eigenvalue weighted by atomic mass is 9.96. The molecule has 3 rings (SSSR count). The fourth-order valence-electron chi connectivity index (χ4n) is 2.85. The third-order valence-corrected chi connectivity index (χ3v) is 4.27. The Balaban J connectivity index is 1.60. The van der Waals surface area contributed by atoms with Crippen molar-refractivity contribution in [2.75, 3.05) is 13.1 Å². The van der Waals surface area contributed by atoms with Gasteiger partial charge >= 0.3 is 0 Å². The molecule has 1 aromatic carbocycles. The van der Waals surface area contributed by atoms with Crippen LogP contribution >= 0.6 is 0 Å². The van der Waals surface area contributed by atoms with E-state index in [9.17, 15) is 4.79 Å². The summed E-state index contributed by atoms with van der Waals surface area (Å²) in [6, 6.07) is 8.06. The van der Waals surface area contributed by atoms with Gasteiger partial charge < -0.3 is 15.2 Å². The first-order valence-electron chi connectivity index (χ1n) is 7.64. The van der Waals surface area contributed by atoms with Gasteiger partial charge in [-0.05, 0) is 6.92 Å². The van der Waals surface area contributed by atoms with Crippen molar-refractivity contribution in [1.29, 1.82) is 0 Å². The zero-order chi connectivity index (χ0) is 15.5. The SMILES string of the molecule is Cc1ccc(-c2noc(C[NH+]3CCC(C(N)=O)CC3)n2)cc1. The number of primary amides is 1. The maximum atomic E-state index is 11.2. The number of rotatable bonds is 4. The number of quaternary nitrogens is 1. The smallest absolute Gasteiger partial charge is 0.282 e. The summed E-state index contributed by atoms with van der Waals surface area (Å²) >= 11 is 0. The molecule has 1 amide bonds. The lowest BCUT2D eigenvalue weighted by molar-refractivity contribution is -0.920. The lowest BCUT2D eigenvalue weighted by Gasteiger charge is -2.26. The largest absolute Gasteiger partial charge is 0.369 e. The highest BCUT2D eigenvalue weighted by Gasteiger charge is 2.27. The third kappa shape index (κ3) is 3.33. The van der Waals surface area contributed by atoms with Crippen LogP contribution in [0.15, 0.2) is 28.8 Å². The molecule has 1 fully saturated rings. The van der Waals surface area contributed by atoms with Crippen LogP contribution in [0.3, 0.4) is 0 Å². The molecule has 1 saturated heterocycles. The Labute approximate surface area is 129 Å². The Morgan fingerprint density at radius 1 is 1.32 bits per heavy atom. The molecule has 116 valence electrons. The summed E-state index contributed by atoms with van der Waals surface area (Å²) in [4.78, 5) is 17.0. The second kappa shape index (κ2) is 6.27. The van der Waals surface area contributed by atoms with Crippen LogP contribution in [0.5, 0.6) is 0 Å². The van der Waals surface area contributed by atoms with Crippen LogP contribution in [0.4, 0.5) is 0 Å². The van der Waals surface area contributed by atoms with E-state index in [1.165, 1.54) is 10.5 Å². The van der Waals surface area contributed by atoms with Gasteiger partial charge in [-0.25, -0.2) is 0 Å². The average molecular weight is 301 g/mol. The molecule has 2 heterocycles. The highest BCUT2D eigenvalue weighted by atomic mass is 16.5. The number of amides is 1. The maximum Gasteiger partial charge on any atom is 0.282 e. The van der Waals surface area contributed by atoms with E-state index in [2.05, 4.69) is 10.1 Å². The van der Waals surface area contributed by atoms with Crippen LogP contribution in [0.25, 0.3) is 11.4 Å². The van der Waals surface area contributed by atoms with Crippen molar-refractivity contribution in [3.8, 4) is 11.4 Å². The van der Waals surface area contributed by atoms with Gasteiger partial charge in [0.1, 0.15) is 0 Å². The molecule has 1 aliphatic rings. The summed E-state index contributed by atoms with van der Waals surface area (Å²) in [6.07, 6.45) is 1.67. The van der Waals surface area contributed by atoms with E-state index in [0.717, 1.165) is 31.5 Å². The zero-order valence-electron chi connectivity index (χ0n) is 12.7. The molecule has 0 radical (unpaired) electrons. The van der Waals surface area contributed by atoms with Crippen molar-refractivity contribution in [3.63, 3.8) is 0 Å². The Kier molecular flexibility index (Phi) is 4.20. The van der Waals surface area contributed by atoms with Gasteiger partial charge in [0.15, 0.2) is 6.54 Å². The summed E-state index contributed by atoms with van der Waals surface area (Å²) in [7, 11) is 0. The minimum atomic E-state index is -0.182. The number of likely N-dealkylation sites (tertiary alicyclic amines) is 1. The van der Waals surface area contributed by atoms with Gasteiger partial charge in [0.25, 0.3) is 5.89 Å². The fourth-order valence-corrected chi connectivity index (χ4v) is 2.85. The molecular formula is C16H21N4O2+. The number of hydrogen-bond acceptors (Lipinski definition) is 4. The summed E-state index contributed by atoms with van der Waals surface area (Å²) in [5.41, 5.74) is 7.52. The predicted octanol–water partition coefficient (Wildman–Crippen LogP) is 0.325. The summed E-state index contributed by atoms with van der Waals surface area (Å²) < 4.78 is 5.35. The highest BCUT2D eigenvalue weighted by Crippen LogP contribution is 2.16. The molecule has 0 aliphatic carbocycles. The van der Waals surface area contributed by atoms with Gasteiger partial charge in [0.2, 0.25) is 11.7 Å². The number of nitrogens with one attached hydrogen (secondary N) is 1. The molecule has 3 N–H and O–H groups in total. The number of carbonyl (C=O) groups is 1. The van der Waals surface area contributed by atoms with Gasteiger partial charge in [-0.1, -0.05) is 35.0 Å². The molecular weight excluding hydrogens is 280 g/mol. The molecule has 6 nitrogen and oxygen atoms in total. The van der Waals surface area contributed by atoms with Crippen LogP contribution in [0.1, 0.15) is 24.3 Å². The molecule has 0 saturated carbocycles. The molecule has 0 atom stereocenters. The van der Waals surface area contributed by atoms with Gasteiger partial charge in [0, 0.05) is 24.3 Å². The summed E-state index contributed by atoms with van der Waals surface area (Å²) in [5, 5.41) is 4.05. The Bertz CT molecular complexity index is 642. The van der Waals surface area contributed by atoms with Gasteiger partial charge in [0.05, 0.1) is 13.1 Å². The molecule has 0 spiro atoms. The second-order valence-electron chi connectivity index (χ2n) is 5.98. The monoisotopic (exact) mass is 301 g/mol. The first-order chi connectivity index (χ1) is 10.6. The molecule has 1 aliphatic heterocycles. The van der Waals surface area contributed by atoms with Crippen LogP contribution in [-0.2, 0) is 11.3 Å². The van der Waals surface area contributed by atoms with Gasteiger partial charge in [-0.3, -0.25) is 4.79 Å². The van der Waals surface area contributed by atoms with E-state index in [0.29, 0.717) is 18.3 Å². The van der Waals surface area contributed by atoms with Crippen molar-refractivity contribution >= 4 is 5.91 Å².